The number of nitrogens with one attached hydrogen (secondary N) is 1. The molecule has 0 aliphatic heterocycles. The second-order valence-corrected chi connectivity index (χ2v) is 5.78. The normalized spacial score (nSPS) is 31.2. The van der Waals surface area contributed by atoms with Gasteiger partial charge in [-0.3, -0.25) is 0 Å². The molecule has 0 radical (unpaired) electrons. The first-order valence-corrected chi connectivity index (χ1v) is 7.06. The van der Waals surface area contributed by atoms with Crippen molar-refractivity contribution in [2.45, 2.75) is 45.7 Å². The van der Waals surface area contributed by atoms with Gasteiger partial charge < -0.3 is 9.88 Å². The number of rotatable bonds is 5. The molecule has 3 rings (SSSR count). The summed E-state index contributed by atoms with van der Waals surface area (Å²) in [6.45, 7) is 5.24. The van der Waals surface area contributed by atoms with Gasteiger partial charge in [-0.05, 0) is 43.6 Å². The molecule has 3 atom stereocenters. The minimum absolute atomic E-state index is 0.903. The molecule has 0 saturated heterocycles. The van der Waals surface area contributed by atoms with Gasteiger partial charge in [0.2, 0.25) is 0 Å². The van der Waals surface area contributed by atoms with E-state index in [2.05, 4.69) is 28.0 Å². The first kappa shape index (κ1) is 11.3. The SMILES string of the molecule is CCNCc1cn(CC2CC3CCC2C3)cn1. The maximum Gasteiger partial charge on any atom is 0.0950 e. The second kappa shape index (κ2) is 4.81. The van der Waals surface area contributed by atoms with Gasteiger partial charge >= 0.3 is 0 Å². The molecule has 1 N–H and O–H groups in total. The average Bonchev–Trinajstić information content (AvgIpc) is 3.02. The highest BCUT2D eigenvalue weighted by Gasteiger charge is 2.39. The smallest absolute Gasteiger partial charge is 0.0950 e. The van der Waals surface area contributed by atoms with Crippen molar-refractivity contribution < 1.29 is 0 Å². The Morgan fingerprint density at radius 3 is 3.06 bits per heavy atom. The van der Waals surface area contributed by atoms with E-state index in [0.717, 1.165) is 30.8 Å². The molecule has 2 aliphatic rings. The topological polar surface area (TPSA) is 29.9 Å². The van der Waals surface area contributed by atoms with Gasteiger partial charge in [0.25, 0.3) is 0 Å². The van der Waals surface area contributed by atoms with Crippen molar-refractivity contribution in [3.05, 3.63) is 18.2 Å². The first-order valence-electron chi connectivity index (χ1n) is 7.06. The lowest BCUT2D eigenvalue weighted by Crippen LogP contribution is -2.16. The maximum absolute atomic E-state index is 4.46. The van der Waals surface area contributed by atoms with Gasteiger partial charge in [0, 0.05) is 19.3 Å². The van der Waals surface area contributed by atoms with E-state index < -0.39 is 0 Å². The number of hydrogen-bond acceptors (Lipinski definition) is 2. The van der Waals surface area contributed by atoms with Gasteiger partial charge in [-0.25, -0.2) is 4.98 Å². The summed E-state index contributed by atoms with van der Waals surface area (Å²) in [5.74, 6) is 2.99. The molecule has 2 aliphatic carbocycles. The zero-order chi connectivity index (χ0) is 11.7. The Labute approximate surface area is 104 Å². The number of imidazole rings is 1. The molecule has 17 heavy (non-hydrogen) atoms. The third kappa shape index (κ3) is 2.39. The molecule has 3 heteroatoms. The largest absolute Gasteiger partial charge is 0.337 e. The Hall–Kier alpha value is -0.830. The zero-order valence-electron chi connectivity index (χ0n) is 10.7. The molecular weight excluding hydrogens is 210 g/mol. The summed E-state index contributed by atoms with van der Waals surface area (Å²) in [5, 5.41) is 3.32. The van der Waals surface area contributed by atoms with Crippen LogP contribution in [0.4, 0.5) is 0 Å². The predicted octanol–water partition coefficient (Wildman–Crippen LogP) is 2.43. The van der Waals surface area contributed by atoms with Crippen LogP contribution >= 0.6 is 0 Å². The Morgan fingerprint density at radius 2 is 2.35 bits per heavy atom. The lowest BCUT2D eigenvalue weighted by Gasteiger charge is -2.21. The van der Waals surface area contributed by atoms with E-state index in [1.807, 2.05) is 6.33 Å². The van der Waals surface area contributed by atoms with Crippen LogP contribution in [0, 0.1) is 17.8 Å². The zero-order valence-corrected chi connectivity index (χ0v) is 10.7. The molecule has 1 heterocycles. The predicted molar refractivity (Wildman–Crippen MR) is 68.5 cm³/mol. The van der Waals surface area contributed by atoms with Crippen LogP contribution in [0.2, 0.25) is 0 Å². The van der Waals surface area contributed by atoms with Crippen LogP contribution in [-0.2, 0) is 13.1 Å². The van der Waals surface area contributed by atoms with Crippen molar-refractivity contribution >= 4 is 0 Å². The van der Waals surface area contributed by atoms with Crippen LogP contribution in [-0.4, -0.2) is 16.1 Å². The number of hydrogen-bond donors (Lipinski definition) is 1. The van der Waals surface area contributed by atoms with Crippen LogP contribution in [0.25, 0.3) is 0 Å². The van der Waals surface area contributed by atoms with Crippen LogP contribution in [0.5, 0.6) is 0 Å². The van der Waals surface area contributed by atoms with Crippen molar-refractivity contribution in [2.24, 2.45) is 17.8 Å². The van der Waals surface area contributed by atoms with Crippen molar-refractivity contribution in [2.75, 3.05) is 6.54 Å². The van der Waals surface area contributed by atoms with Crippen molar-refractivity contribution in [3.63, 3.8) is 0 Å². The van der Waals surface area contributed by atoms with Gasteiger partial charge in [0.05, 0.1) is 12.0 Å². The van der Waals surface area contributed by atoms with Gasteiger partial charge in [-0.1, -0.05) is 13.3 Å². The summed E-state index contributed by atoms with van der Waals surface area (Å²) in [6, 6.07) is 0. The summed E-state index contributed by atoms with van der Waals surface area (Å²) in [6.07, 6.45) is 10.2. The summed E-state index contributed by atoms with van der Waals surface area (Å²) in [4.78, 5) is 4.46. The number of fused-ring (bicyclic) bond motifs is 2. The highest BCUT2D eigenvalue weighted by molar-refractivity contribution is 4.98. The Balaban J connectivity index is 1.56. The maximum atomic E-state index is 4.46. The molecule has 94 valence electrons. The summed E-state index contributed by atoms with van der Waals surface area (Å²) in [7, 11) is 0. The van der Waals surface area contributed by atoms with Crippen molar-refractivity contribution in [1.29, 1.82) is 0 Å². The van der Waals surface area contributed by atoms with E-state index in [1.54, 1.807) is 0 Å². The summed E-state index contributed by atoms with van der Waals surface area (Å²) in [5.41, 5.74) is 1.18. The van der Waals surface area contributed by atoms with Crippen LogP contribution < -0.4 is 5.32 Å². The molecule has 3 nitrogen and oxygen atoms in total. The fourth-order valence-electron chi connectivity index (χ4n) is 3.72. The molecule has 0 amide bonds. The molecule has 1 aromatic rings. The highest BCUT2D eigenvalue weighted by Crippen LogP contribution is 2.48. The van der Waals surface area contributed by atoms with E-state index in [-0.39, 0.29) is 0 Å². The molecular formula is C14H23N3. The second-order valence-electron chi connectivity index (χ2n) is 5.78. The third-order valence-electron chi connectivity index (χ3n) is 4.57. The van der Waals surface area contributed by atoms with E-state index in [1.165, 1.54) is 37.9 Å². The molecule has 1 aromatic heterocycles. The van der Waals surface area contributed by atoms with E-state index in [0.29, 0.717) is 0 Å². The van der Waals surface area contributed by atoms with Crippen LogP contribution in [0.3, 0.4) is 0 Å². The fraction of sp³-hybridized carbons (Fsp3) is 0.786. The molecule has 0 spiro atoms. The van der Waals surface area contributed by atoms with Gasteiger partial charge in [0.15, 0.2) is 0 Å². The standard InChI is InChI=1S/C14H23N3/c1-2-15-7-14-9-17(10-16-14)8-13-6-11-3-4-12(13)5-11/h9-13,15H,2-8H2,1H3. The Morgan fingerprint density at radius 1 is 1.41 bits per heavy atom. The third-order valence-corrected chi connectivity index (χ3v) is 4.57. The van der Waals surface area contributed by atoms with E-state index in [4.69, 9.17) is 0 Å². The van der Waals surface area contributed by atoms with Gasteiger partial charge in [0.1, 0.15) is 0 Å². The number of aromatic nitrogens is 2. The first-order chi connectivity index (χ1) is 8.35. The molecule has 2 bridgehead atoms. The Bertz CT molecular complexity index is 371. The summed E-state index contributed by atoms with van der Waals surface area (Å²) >= 11 is 0. The van der Waals surface area contributed by atoms with Gasteiger partial charge in [-0.2, -0.15) is 0 Å². The molecule has 2 saturated carbocycles. The minimum Gasteiger partial charge on any atom is -0.337 e. The number of nitrogens with zero attached hydrogens (tertiary/aromatic N) is 2. The fourth-order valence-corrected chi connectivity index (χ4v) is 3.72. The quantitative estimate of drug-likeness (QED) is 0.846. The van der Waals surface area contributed by atoms with Crippen molar-refractivity contribution in [1.82, 2.24) is 14.9 Å². The van der Waals surface area contributed by atoms with E-state index in [9.17, 15) is 0 Å². The molecule has 0 aromatic carbocycles. The molecule has 2 fully saturated rings. The monoisotopic (exact) mass is 233 g/mol. The lowest BCUT2D eigenvalue weighted by molar-refractivity contribution is 0.295. The average molecular weight is 233 g/mol. The van der Waals surface area contributed by atoms with Crippen LogP contribution in [0.1, 0.15) is 38.3 Å². The van der Waals surface area contributed by atoms with Crippen LogP contribution in [0.15, 0.2) is 12.5 Å². The Kier molecular flexibility index (Phi) is 3.19. The van der Waals surface area contributed by atoms with Gasteiger partial charge in [-0.15, -0.1) is 0 Å². The highest BCUT2D eigenvalue weighted by atomic mass is 15.0. The molecule has 3 unspecified atom stereocenters. The minimum atomic E-state index is 0.903. The lowest BCUT2D eigenvalue weighted by atomic mass is 9.89. The van der Waals surface area contributed by atoms with Crippen molar-refractivity contribution in [3.8, 4) is 0 Å². The summed E-state index contributed by atoms with van der Waals surface area (Å²) < 4.78 is 2.30. The van der Waals surface area contributed by atoms with E-state index >= 15 is 0 Å².